The minimum absolute atomic E-state index is 0.0226. The van der Waals surface area contributed by atoms with Crippen LogP contribution < -0.4 is 33.7 Å². The van der Waals surface area contributed by atoms with E-state index >= 15 is 0 Å². The molecule has 1 aliphatic rings. The van der Waals surface area contributed by atoms with Gasteiger partial charge in [-0.2, -0.15) is 0 Å². The first-order chi connectivity index (χ1) is 14.5. The molecule has 0 saturated carbocycles. The zero-order valence-electron chi connectivity index (χ0n) is 16.6. The normalized spacial score (nSPS) is 11.6. The summed E-state index contributed by atoms with van der Waals surface area (Å²) in [6, 6.07) is 6.33. The van der Waals surface area contributed by atoms with E-state index in [1.54, 1.807) is 18.2 Å². The quantitative estimate of drug-likeness (QED) is 0.369. The van der Waals surface area contributed by atoms with E-state index in [1.165, 1.54) is 27.4 Å². The Kier molecular flexibility index (Phi) is 6.30. The molecular formula is C19H20N2O9. The number of hydrogen-bond acceptors (Lipinski definition) is 9. The maximum Gasteiger partial charge on any atom is 0.327 e. The first kappa shape index (κ1) is 20.8. The van der Waals surface area contributed by atoms with Crippen LogP contribution in [0.4, 0.5) is 5.69 Å². The monoisotopic (exact) mass is 420 g/mol. The largest absolute Gasteiger partial charge is 0.493 e. The number of carbonyl (C=O) groups is 1. The Morgan fingerprint density at radius 2 is 1.83 bits per heavy atom. The Labute approximate surface area is 171 Å². The van der Waals surface area contributed by atoms with E-state index in [9.17, 15) is 14.9 Å². The van der Waals surface area contributed by atoms with Gasteiger partial charge in [0.05, 0.1) is 32.8 Å². The van der Waals surface area contributed by atoms with Crippen LogP contribution in [0.15, 0.2) is 24.3 Å². The van der Waals surface area contributed by atoms with Crippen LogP contribution in [-0.4, -0.2) is 52.1 Å². The summed E-state index contributed by atoms with van der Waals surface area (Å²) < 4.78 is 31.5. The maximum atomic E-state index is 12.6. The fourth-order valence-corrected chi connectivity index (χ4v) is 2.89. The third-order valence-electron chi connectivity index (χ3n) is 4.23. The Balaban J connectivity index is 1.70. The summed E-state index contributed by atoms with van der Waals surface area (Å²) >= 11 is 0. The Hall–Kier alpha value is -3.89. The number of nitro groups is 1. The summed E-state index contributed by atoms with van der Waals surface area (Å²) in [4.78, 5) is 23.5. The molecule has 11 heteroatoms. The van der Waals surface area contributed by atoms with Crippen LogP contribution in [0, 0.1) is 10.1 Å². The molecule has 2 aromatic carbocycles. The molecule has 0 fully saturated rings. The number of nitro benzene ring substituents is 1. The van der Waals surface area contributed by atoms with Crippen LogP contribution in [0.5, 0.6) is 34.5 Å². The third kappa shape index (κ3) is 4.09. The molecule has 0 radical (unpaired) electrons. The summed E-state index contributed by atoms with van der Waals surface area (Å²) in [6.45, 7) is 0.382. The van der Waals surface area contributed by atoms with E-state index in [1.807, 2.05) is 0 Å². The van der Waals surface area contributed by atoms with E-state index < -0.39 is 16.5 Å². The van der Waals surface area contributed by atoms with Crippen molar-refractivity contribution < 1.29 is 38.1 Å². The smallest absolute Gasteiger partial charge is 0.327 e. The average molecular weight is 420 g/mol. The number of nitrogens with zero attached hydrogens (tertiary/aromatic N) is 1. The highest BCUT2D eigenvalue weighted by molar-refractivity contribution is 6.00. The number of fused-ring (bicyclic) bond motifs is 1. The van der Waals surface area contributed by atoms with Gasteiger partial charge in [-0.05, 0) is 12.1 Å². The standard InChI is InChI=1S/C19H20N2O9/c1-25-15-9-12(16(21(23)24)18(27-3)17(15)26-2)19(22)20-6-7-28-11-4-5-13-14(8-11)30-10-29-13/h4-5,8-9H,6-7,10H2,1-3H3,(H,20,22). The minimum atomic E-state index is -0.710. The molecule has 0 saturated heterocycles. The van der Waals surface area contributed by atoms with Crippen molar-refractivity contribution in [2.75, 3.05) is 41.3 Å². The number of nitrogens with one attached hydrogen (secondary N) is 1. The van der Waals surface area contributed by atoms with Crippen LogP contribution in [0.3, 0.4) is 0 Å². The molecule has 1 amide bonds. The van der Waals surface area contributed by atoms with Crippen LogP contribution in [-0.2, 0) is 0 Å². The van der Waals surface area contributed by atoms with Crippen LogP contribution in [0.2, 0.25) is 0 Å². The molecule has 30 heavy (non-hydrogen) atoms. The Morgan fingerprint density at radius 1 is 1.10 bits per heavy atom. The van der Waals surface area contributed by atoms with Gasteiger partial charge in [-0.25, -0.2) is 0 Å². The van der Waals surface area contributed by atoms with E-state index in [4.69, 9.17) is 28.4 Å². The van der Waals surface area contributed by atoms with Gasteiger partial charge in [-0.1, -0.05) is 0 Å². The fourth-order valence-electron chi connectivity index (χ4n) is 2.89. The topological polar surface area (TPSA) is 128 Å². The summed E-state index contributed by atoms with van der Waals surface area (Å²) in [6.07, 6.45) is 0. The number of amides is 1. The average Bonchev–Trinajstić information content (AvgIpc) is 3.22. The highest BCUT2D eigenvalue weighted by atomic mass is 16.7. The van der Waals surface area contributed by atoms with Crippen molar-refractivity contribution in [1.82, 2.24) is 5.32 Å². The second kappa shape index (κ2) is 9.07. The Morgan fingerprint density at radius 3 is 2.50 bits per heavy atom. The van der Waals surface area contributed by atoms with Crippen molar-refractivity contribution in [3.63, 3.8) is 0 Å². The molecule has 1 heterocycles. The molecule has 0 aliphatic carbocycles. The van der Waals surface area contributed by atoms with Crippen molar-refractivity contribution >= 4 is 11.6 Å². The lowest BCUT2D eigenvalue weighted by Crippen LogP contribution is -2.28. The fraction of sp³-hybridized carbons (Fsp3) is 0.316. The van der Waals surface area contributed by atoms with Gasteiger partial charge in [0.15, 0.2) is 17.2 Å². The van der Waals surface area contributed by atoms with E-state index in [2.05, 4.69) is 5.32 Å². The number of ether oxygens (including phenoxy) is 6. The molecule has 2 aromatic rings. The predicted octanol–water partition coefficient (Wildman–Crippen LogP) is 2.16. The third-order valence-corrected chi connectivity index (χ3v) is 4.23. The first-order valence-corrected chi connectivity index (χ1v) is 8.78. The van der Waals surface area contributed by atoms with Gasteiger partial charge >= 0.3 is 5.69 Å². The first-order valence-electron chi connectivity index (χ1n) is 8.78. The highest BCUT2D eigenvalue weighted by Gasteiger charge is 2.32. The van der Waals surface area contributed by atoms with Gasteiger partial charge in [-0.3, -0.25) is 14.9 Å². The van der Waals surface area contributed by atoms with Crippen molar-refractivity contribution in [1.29, 1.82) is 0 Å². The number of hydrogen-bond donors (Lipinski definition) is 1. The second-order valence-corrected chi connectivity index (χ2v) is 5.92. The molecule has 0 aromatic heterocycles. The summed E-state index contributed by atoms with van der Waals surface area (Å²) in [5, 5.41) is 14.2. The molecule has 1 aliphatic heterocycles. The number of benzene rings is 2. The molecule has 11 nitrogen and oxygen atoms in total. The van der Waals surface area contributed by atoms with Gasteiger partial charge in [0.2, 0.25) is 18.3 Å². The van der Waals surface area contributed by atoms with Crippen molar-refractivity contribution in [3.05, 3.63) is 39.9 Å². The van der Waals surface area contributed by atoms with Gasteiger partial charge in [0.25, 0.3) is 5.91 Å². The van der Waals surface area contributed by atoms with E-state index in [-0.39, 0.29) is 42.8 Å². The van der Waals surface area contributed by atoms with Crippen molar-refractivity contribution in [2.45, 2.75) is 0 Å². The van der Waals surface area contributed by atoms with E-state index in [0.717, 1.165) is 0 Å². The molecule has 0 spiro atoms. The number of methoxy groups -OCH3 is 3. The molecule has 1 N–H and O–H groups in total. The molecule has 0 bridgehead atoms. The van der Waals surface area contributed by atoms with Gasteiger partial charge in [0, 0.05) is 12.1 Å². The molecule has 160 valence electrons. The SMILES string of the molecule is COc1cc(C(=O)NCCOc2ccc3c(c2)OCO3)c([N+](=O)[O-])c(OC)c1OC. The molecule has 0 unspecified atom stereocenters. The molecule has 0 atom stereocenters. The second-order valence-electron chi connectivity index (χ2n) is 5.92. The molecular weight excluding hydrogens is 400 g/mol. The number of rotatable bonds is 9. The van der Waals surface area contributed by atoms with Crippen molar-refractivity contribution in [2.24, 2.45) is 0 Å². The van der Waals surface area contributed by atoms with Crippen molar-refractivity contribution in [3.8, 4) is 34.5 Å². The Bertz CT molecular complexity index is 962. The molecule has 3 rings (SSSR count). The van der Waals surface area contributed by atoms with Gasteiger partial charge in [0.1, 0.15) is 17.9 Å². The summed E-state index contributed by atoms with van der Waals surface area (Å²) in [5.74, 6) is 0.997. The van der Waals surface area contributed by atoms with Crippen LogP contribution in [0.25, 0.3) is 0 Å². The van der Waals surface area contributed by atoms with E-state index in [0.29, 0.717) is 17.2 Å². The lowest BCUT2D eigenvalue weighted by Gasteiger charge is -2.15. The lowest BCUT2D eigenvalue weighted by molar-refractivity contribution is -0.386. The minimum Gasteiger partial charge on any atom is -0.493 e. The maximum absolute atomic E-state index is 12.6. The van der Waals surface area contributed by atoms with Crippen LogP contribution in [0.1, 0.15) is 10.4 Å². The zero-order valence-corrected chi connectivity index (χ0v) is 16.6. The van der Waals surface area contributed by atoms with Gasteiger partial charge in [-0.15, -0.1) is 0 Å². The van der Waals surface area contributed by atoms with Crippen LogP contribution >= 0.6 is 0 Å². The predicted molar refractivity (Wildman–Crippen MR) is 103 cm³/mol. The highest BCUT2D eigenvalue weighted by Crippen LogP contribution is 2.46. The van der Waals surface area contributed by atoms with Gasteiger partial charge < -0.3 is 33.7 Å². The lowest BCUT2D eigenvalue weighted by atomic mass is 10.1. The summed E-state index contributed by atoms with van der Waals surface area (Å²) in [7, 11) is 3.91. The number of carbonyl (C=O) groups excluding carboxylic acids is 1. The summed E-state index contributed by atoms with van der Waals surface area (Å²) in [5.41, 5.74) is -0.748. The zero-order chi connectivity index (χ0) is 21.7.